The lowest BCUT2D eigenvalue weighted by Crippen LogP contribution is -2.48. The molecule has 1 aromatic heterocycles. The summed E-state index contributed by atoms with van der Waals surface area (Å²) in [5, 5.41) is 3.19. The average Bonchev–Trinajstić information content (AvgIpc) is 2.85. The van der Waals surface area contributed by atoms with Gasteiger partial charge in [0.15, 0.2) is 0 Å². The molecular weight excluding hydrogens is 416 g/mol. The molecule has 7 nitrogen and oxygen atoms in total. The second-order valence-electron chi connectivity index (χ2n) is 9.17. The number of rotatable bonds is 9. The van der Waals surface area contributed by atoms with Gasteiger partial charge in [-0.05, 0) is 31.0 Å². The Hall–Kier alpha value is -2.48. The molecule has 2 aliphatic rings. The van der Waals surface area contributed by atoms with Gasteiger partial charge in [0.05, 0.1) is 31.9 Å². The Morgan fingerprint density at radius 1 is 1.12 bits per heavy atom. The maximum atomic E-state index is 13.1. The Labute approximate surface area is 197 Å². The second-order valence-corrected chi connectivity index (χ2v) is 9.17. The molecule has 2 atom stereocenters. The number of aryl methyl sites for hydroxylation is 1. The summed E-state index contributed by atoms with van der Waals surface area (Å²) >= 11 is 0. The monoisotopic (exact) mass is 452 g/mol. The molecule has 0 unspecified atom stereocenters. The first-order valence-electron chi connectivity index (χ1n) is 12.1. The van der Waals surface area contributed by atoms with Gasteiger partial charge in [-0.3, -0.25) is 19.6 Å². The van der Waals surface area contributed by atoms with Gasteiger partial charge in [-0.15, -0.1) is 0 Å². The summed E-state index contributed by atoms with van der Waals surface area (Å²) < 4.78 is 11.5. The molecule has 7 heteroatoms. The van der Waals surface area contributed by atoms with Crippen molar-refractivity contribution in [3.05, 3.63) is 59.9 Å². The fourth-order valence-electron chi connectivity index (χ4n) is 4.64. The van der Waals surface area contributed by atoms with Crippen molar-refractivity contribution >= 4 is 5.91 Å². The maximum absolute atomic E-state index is 13.1. The van der Waals surface area contributed by atoms with Gasteiger partial charge in [0, 0.05) is 57.4 Å². The summed E-state index contributed by atoms with van der Waals surface area (Å²) in [7, 11) is 0. The van der Waals surface area contributed by atoms with Gasteiger partial charge >= 0.3 is 0 Å². The number of hydrogen-bond acceptors (Lipinski definition) is 6. The molecule has 0 spiro atoms. The molecule has 0 radical (unpaired) electrons. The van der Waals surface area contributed by atoms with E-state index in [0.717, 1.165) is 70.3 Å². The van der Waals surface area contributed by atoms with Crippen LogP contribution in [0, 0.1) is 18.8 Å². The third-order valence-corrected chi connectivity index (χ3v) is 6.43. The van der Waals surface area contributed by atoms with Crippen molar-refractivity contribution in [3.63, 3.8) is 0 Å². The standard InChI is InChI=1S/C26H36N4O3/c1-21-7-8-25(16-28-21)33-20-23-15-24(19-30(18-23)17-22-5-3-2-4-6-22)26(31)27-9-10-29-11-13-32-14-12-29/h2-8,16,23-24H,9-15,17-20H2,1H3,(H,27,31)/t23-,24+/m0/s1. The molecule has 2 aliphatic heterocycles. The number of nitrogens with zero attached hydrogens (tertiary/aromatic N) is 3. The van der Waals surface area contributed by atoms with E-state index in [2.05, 4.69) is 44.4 Å². The SMILES string of the molecule is Cc1ccc(OC[C@H]2C[C@@H](C(=O)NCCN3CCOCC3)CN(Cc3ccccc3)C2)cn1. The number of aromatic nitrogens is 1. The van der Waals surface area contributed by atoms with Crippen molar-refractivity contribution in [2.24, 2.45) is 11.8 Å². The van der Waals surface area contributed by atoms with E-state index in [-0.39, 0.29) is 11.8 Å². The number of likely N-dealkylation sites (tertiary alicyclic amines) is 1. The fourth-order valence-corrected chi connectivity index (χ4v) is 4.64. The fraction of sp³-hybridized carbons (Fsp3) is 0.538. The lowest BCUT2D eigenvalue weighted by Gasteiger charge is -2.37. The third-order valence-electron chi connectivity index (χ3n) is 6.43. The predicted molar refractivity (Wildman–Crippen MR) is 128 cm³/mol. The van der Waals surface area contributed by atoms with Crippen molar-refractivity contribution in [2.45, 2.75) is 19.9 Å². The number of amides is 1. The summed E-state index contributed by atoms with van der Waals surface area (Å²) in [6.07, 6.45) is 2.61. The van der Waals surface area contributed by atoms with Crippen LogP contribution in [0.5, 0.6) is 5.75 Å². The molecule has 2 fully saturated rings. The largest absolute Gasteiger partial charge is 0.492 e. The highest BCUT2D eigenvalue weighted by Gasteiger charge is 2.32. The highest BCUT2D eigenvalue weighted by Crippen LogP contribution is 2.25. The van der Waals surface area contributed by atoms with Crippen LogP contribution in [0.4, 0.5) is 0 Å². The minimum atomic E-state index is -0.0307. The molecule has 2 aromatic rings. The van der Waals surface area contributed by atoms with Crippen molar-refractivity contribution in [1.82, 2.24) is 20.1 Å². The van der Waals surface area contributed by atoms with E-state index in [9.17, 15) is 4.79 Å². The molecule has 3 heterocycles. The predicted octanol–water partition coefficient (Wildman–Crippen LogP) is 2.36. The first-order chi connectivity index (χ1) is 16.2. The van der Waals surface area contributed by atoms with E-state index >= 15 is 0 Å². The van der Waals surface area contributed by atoms with Gasteiger partial charge in [0.2, 0.25) is 5.91 Å². The van der Waals surface area contributed by atoms with Crippen LogP contribution in [0.25, 0.3) is 0 Å². The van der Waals surface area contributed by atoms with Gasteiger partial charge in [-0.25, -0.2) is 0 Å². The number of carbonyl (C=O) groups excluding carboxylic acids is 1. The topological polar surface area (TPSA) is 66.9 Å². The minimum absolute atomic E-state index is 0.0307. The summed E-state index contributed by atoms with van der Waals surface area (Å²) in [4.78, 5) is 22.1. The van der Waals surface area contributed by atoms with Crippen LogP contribution in [0.1, 0.15) is 17.7 Å². The zero-order valence-corrected chi connectivity index (χ0v) is 19.6. The molecule has 0 saturated carbocycles. The Morgan fingerprint density at radius 3 is 2.70 bits per heavy atom. The number of ether oxygens (including phenoxy) is 2. The van der Waals surface area contributed by atoms with Gasteiger partial charge in [0.25, 0.3) is 0 Å². The van der Waals surface area contributed by atoms with Gasteiger partial charge < -0.3 is 14.8 Å². The second kappa shape index (κ2) is 12.1. The summed E-state index contributed by atoms with van der Waals surface area (Å²) in [5.74, 6) is 1.20. The lowest BCUT2D eigenvalue weighted by atomic mass is 9.88. The highest BCUT2D eigenvalue weighted by atomic mass is 16.5. The molecule has 1 amide bonds. The van der Waals surface area contributed by atoms with Crippen LogP contribution in [0.15, 0.2) is 48.7 Å². The van der Waals surface area contributed by atoms with Gasteiger partial charge in [-0.1, -0.05) is 30.3 Å². The van der Waals surface area contributed by atoms with E-state index in [1.807, 2.05) is 25.1 Å². The molecule has 1 N–H and O–H groups in total. The summed E-state index contributed by atoms with van der Waals surface area (Å²) in [5.41, 5.74) is 2.25. The zero-order valence-electron chi connectivity index (χ0n) is 19.6. The van der Waals surface area contributed by atoms with Crippen molar-refractivity contribution < 1.29 is 14.3 Å². The summed E-state index contributed by atoms with van der Waals surface area (Å²) in [6, 6.07) is 14.4. The average molecular weight is 453 g/mol. The molecule has 178 valence electrons. The summed E-state index contributed by atoms with van der Waals surface area (Å²) in [6.45, 7) is 10.1. The number of carbonyl (C=O) groups is 1. The van der Waals surface area contributed by atoms with E-state index in [4.69, 9.17) is 9.47 Å². The Kier molecular flexibility index (Phi) is 8.69. The van der Waals surface area contributed by atoms with E-state index in [1.54, 1.807) is 6.20 Å². The number of benzene rings is 1. The molecular formula is C26H36N4O3. The molecule has 0 bridgehead atoms. The van der Waals surface area contributed by atoms with E-state index < -0.39 is 0 Å². The molecule has 33 heavy (non-hydrogen) atoms. The third kappa shape index (κ3) is 7.52. The number of hydrogen-bond donors (Lipinski definition) is 1. The zero-order chi connectivity index (χ0) is 22.9. The maximum Gasteiger partial charge on any atom is 0.224 e. The van der Waals surface area contributed by atoms with Crippen LogP contribution >= 0.6 is 0 Å². The van der Waals surface area contributed by atoms with Gasteiger partial charge in [-0.2, -0.15) is 0 Å². The molecule has 0 aliphatic carbocycles. The molecule has 2 saturated heterocycles. The number of pyridine rings is 1. The number of piperidine rings is 1. The normalized spacial score (nSPS) is 22.1. The Balaban J connectivity index is 1.33. The van der Waals surface area contributed by atoms with Crippen molar-refractivity contribution in [1.29, 1.82) is 0 Å². The van der Waals surface area contributed by atoms with Crippen molar-refractivity contribution in [2.75, 3.05) is 59.1 Å². The quantitative estimate of drug-likeness (QED) is 0.630. The first-order valence-corrected chi connectivity index (χ1v) is 12.1. The highest BCUT2D eigenvalue weighted by molar-refractivity contribution is 5.79. The number of morpholine rings is 1. The van der Waals surface area contributed by atoms with E-state index in [1.165, 1.54) is 5.56 Å². The van der Waals surface area contributed by atoms with Crippen LogP contribution in [-0.4, -0.2) is 79.8 Å². The van der Waals surface area contributed by atoms with Gasteiger partial charge in [0.1, 0.15) is 5.75 Å². The van der Waals surface area contributed by atoms with Crippen LogP contribution in [0.3, 0.4) is 0 Å². The number of nitrogens with one attached hydrogen (secondary N) is 1. The Bertz CT molecular complexity index is 856. The van der Waals surface area contributed by atoms with Crippen LogP contribution < -0.4 is 10.1 Å². The lowest BCUT2D eigenvalue weighted by molar-refractivity contribution is -0.127. The van der Waals surface area contributed by atoms with Crippen molar-refractivity contribution in [3.8, 4) is 5.75 Å². The Morgan fingerprint density at radius 2 is 1.94 bits per heavy atom. The van der Waals surface area contributed by atoms with E-state index in [0.29, 0.717) is 19.1 Å². The molecule has 1 aromatic carbocycles. The van der Waals surface area contributed by atoms with Crippen LogP contribution in [0.2, 0.25) is 0 Å². The first kappa shape index (κ1) is 23.7. The van der Waals surface area contributed by atoms with Crippen LogP contribution in [-0.2, 0) is 16.1 Å². The molecule has 4 rings (SSSR count). The smallest absolute Gasteiger partial charge is 0.224 e. The minimum Gasteiger partial charge on any atom is -0.492 e.